The van der Waals surface area contributed by atoms with Crippen molar-refractivity contribution in [3.8, 4) is 0 Å². The predicted octanol–water partition coefficient (Wildman–Crippen LogP) is 0.379. The molecule has 0 aliphatic heterocycles. The van der Waals surface area contributed by atoms with Crippen molar-refractivity contribution < 1.29 is 24.9 Å². The van der Waals surface area contributed by atoms with Crippen molar-refractivity contribution in [3.63, 3.8) is 0 Å². The Morgan fingerprint density at radius 2 is 2.10 bits per heavy atom. The normalized spacial score (nSPS) is 13.6. The lowest BCUT2D eigenvalue weighted by atomic mass is 10.1. The van der Waals surface area contributed by atoms with Crippen LogP contribution in [0.1, 0.15) is 23.7 Å². The lowest BCUT2D eigenvalue weighted by Crippen LogP contribution is -2.30. The molecule has 0 aliphatic rings. The molecule has 0 heterocycles. The van der Waals surface area contributed by atoms with Crippen LogP contribution in [0, 0.1) is 0 Å². The summed E-state index contributed by atoms with van der Waals surface area (Å²) < 4.78 is 4.90. The van der Waals surface area contributed by atoms with Crippen LogP contribution in [-0.2, 0) is 4.74 Å². The Hall–Kier alpha value is -1.63. The summed E-state index contributed by atoms with van der Waals surface area (Å²) in [6, 6.07) is 6.84. The summed E-state index contributed by atoms with van der Waals surface area (Å²) >= 11 is 0. The van der Waals surface area contributed by atoms with E-state index >= 15 is 0 Å². The molecule has 2 unspecified atom stereocenters. The Bertz CT molecular complexity index is 424. The van der Waals surface area contributed by atoms with Crippen LogP contribution in [-0.4, -0.2) is 53.3 Å². The van der Waals surface area contributed by atoms with Gasteiger partial charge in [0.25, 0.3) is 0 Å². The van der Waals surface area contributed by atoms with Crippen LogP contribution in [0.5, 0.6) is 0 Å². The van der Waals surface area contributed by atoms with Gasteiger partial charge in [0.05, 0.1) is 24.9 Å². The second-order valence-corrected chi connectivity index (χ2v) is 4.33. The molecule has 0 spiro atoms. The lowest BCUT2D eigenvalue weighted by molar-refractivity contribution is -0.0158. The van der Waals surface area contributed by atoms with E-state index in [1.807, 2.05) is 0 Å². The number of carbonyl (C=O) groups is 1. The van der Waals surface area contributed by atoms with Crippen LogP contribution in [0.15, 0.2) is 24.3 Å². The molecular formula is C14H21NO5. The molecule has 0 fully saturated rings. The number of nitrogens with one attached hydrogen (secondary N) is 1. The maximum atomic E-state index is 11.6. The number of aliphatic hydroxyl groups is 3. The molecule has 0 saturated heterocycles. The van der Waals surface area contributed by atoms with E-state index in [9.17, 15) is 15.0 Å². The van der Waals surface area contributed by atoms with Crippen molar-refractivity contribution in [2.45, 2.75) is 25.6 Å². The summed E-state index contributed by atoms with van der Waals surface area (Å²) in [6.45, 7) is 2.00. The van der Waals surface area contributed by atoms with Gasteiger partial charge in [-0.1, -0.05) is 6.07 Å². The van der Waals surface area contributed by atoms with Gasteiger partial charge in [0.15, 0.2) is 0 Å². The number of benzene rings is 1. The minimum Gasteiger partial charge on any atom is -0.462 e. The minimum atomic E-state index is -1.14. The maximum Gasteiger partial charge on any atom is 0.338 e. The van der Waals surface area contributed by atoms with Crippen molar-refractivity contribution in [2.75, 3.05) is 25.1 Å². The first kappa shape index (κ1) is 16.4. The standard InChI is InChI=1S/C14H21NO5/c1-2-20-14(19)10-4-3-5-11(8-10)15-7-6-12(17)13(18)9-16/h3-5,8,12-13,15-18H,2,6-7,9H2,1H3. The molecule has 0 radical (unpaired) electrons. The Kier molecular flexibility index (Phi) is 7.00. The van der Waals surface area contributed by atoms with Gasteiger partial charge in [-0.2, -0.15) is 0 Å². The molecule has 0 aromatic heterocycles. The minimum absolute atomic E-state index is 0.283. The third-order valence-corrected chi connectivity index (χ3v) is 2.77. The molecular weight excluding hydrogens is 262 g/mol. The van der Waals surface area contributed by atoms with E-state index in [1.54, 1.807) is 31.2 Å². The Balaban J connectivity index is 2.48. The summed E-state index contributed by atoms with van der Waals surface area (Å²) in [5, 5.41) is 30.4. The molecule has 0 aliphatic carbocycles. The topological polar surface area (TPSA) is 99.0 Å². The highest BCUT2D eigenvalue weighted by molar-refractivity contribution is 5.90. The fourth-order valence-corrected chi connectivity index (χ4v) is 1.65. The third kappa shape index (κ3) is 5.16. The first-order chi connectivity index (χ1) is 9.58. The first-order valence-electron chi connectivity index (χ1n) is 6.56. The number of hydrogen-bond acceptors (Lipinski definition) is 6. The van der Waals surface area contributed by atoms with Crippen molar-refractivity contribution in [3.05, 3.63) is 29.8 Å². The zero-order valence-corrected chi connectivity index (χ0v) is 11.5. The van der Waals surface area contributed by atoms with Gasteiger partial charge in [-0.15, -0.1) is 0 Å². The number of anilines is 1. The van der Waals surface area contributed by atoms with E-state index in [1.165, 1.54) is 0 Å². The summed E-state index contributed by atoms with van der Waals surface area (Å²) in [6.07, 6.45) is -1.84. The van der Waals surface area contributed by atoms with E-state index in [0.717, 1.165) is 5.69 Å². The van der Waals surface area contributed by atoms with Crippen molar-refractivity contribution in [2.24, 2.45) is 0 Å². The molecule has 112 valence electrons. The molecule has 0 bridgehead atoms. The molecule has 1 aromatic rings. The SMILES string of the molecule is CCOC(=O)c1cccc(NCCC(O)C(O)CO)c1. The first-order valence-corrected chi connectivity index (χ1v) is 6.56. The molecule has 6 nitrogen and oxygen atoms in total. The van der Waals surface area contributed by atoms with Crippen molar-refractivity contribution >= 4 is 11.7 Å². The van der Waals surface area contributed by atoms with Gasteiger partial charge in [-0.25, -0.2) is 4.79 Å². The van der Waals surface area contributed by atoms with E-state index < -0.39 is 18.8 Å². The van der Waals surface area contributed by atoms with Gasteiger partial charge in [0.1, 0.15) is 6.10 Å². The monoisotopic (exact) mass is 283 g/mol. The highest BCUT2D eigenvalue weighted by Gasteiger charge is 2.14. The van der Waals surface area contributed by atoms with Gasteiger partial charge in [-0.05, 0) is 31.5 Å². The fraction of sp³-hybridized carbons (Fsp3) is 0.500. The van der Waals surface area contributed by atoms with Gasteiger partial charge >= 0.3 is 5.97 Å². The lowest BCUT2D eigenvalue weighted by Gasteiger charge is -2.16. The molecule has 1 rings (SSSR count). The number of aliphatic hydroxyl groups excluding tert-OH is 3. The third-order valence-electron chi connectivity index (χ3n) is 2.77. The summed E-state index contributed by atoms with van der Waals surface area (Å²) in [7, 11) is 0. The molecule has 4 N–H and O–H groups in total. The number of hydrogen-bond donors (Lipinski definition) is 4. The van der Waals surface area contributed by atoms with E-state index in [-0.39, 0.29) is 12.4 Å². The van der Waals surface area contributed by atoms with Crippen LogP contribution in [0.2, 0.25) is 0 Å². The van der Waals surface area contributed by atoms with Gasteiger partial charge in [0, 0.05) is 12.2 Å². The summed E-state index contributed by atoms with van der Waals surface area (Å²) in [5.74, 6) is -0.383. The van der Waals surface area contributed by atoms with Crippen molar-refractivity contribution in [1.29, 1.82) is 0 Å². The maximum absolute atomic E-state index is 11.6. The Labute approximate surface area is 118 Å². The largest absolute Gasteiger partial charge is 0.462 e. The second-order valence-electron chi connectivity index (χ2n) is 4.33. The van der Waals surface area contributed by atoms with Crippen LogP contribution in [0.25, 0.3) is 0 Å². The Morgan fingerprint density at radius 3 is 2.75 bits per heavy atom. The quantitative estimate of drug-likeness (QED) is 0.515. The van der Waals surface area contributed by atoms with Gasteiger partial charge in [0.2, 0.25) is 0 Å². The molecule has 0 saturated carbocycles. The van der Waals surface area contributed by atoms with Gasteiger partial charge < -0.3 is 25.4 Å². The average Bonchev–Trinajstić information content (AvgIpc) is 2.46. The zero-order valence-electron chi connectivity index (χ0n) is 11.5. The summed E-state index contributed by atoms with van der Waals surface area (Å²) in [4.78, 5) is 11.6. The van der Waals surface area contributed by atoms with Crippen LogP contribution < -0.4 is 5.32 Å². The van der Waals surface area contributed by atoms with Crippen LogP contribution in [0.3, 0.4) is 0 Å². The number of esters is 1. The zero-order chi connectivity index (χ0) is 15.0. The number of rotatable bonds is 8. The average molecular weight is 283 g/mol. The fourth-order valence-electron chi connectivity index (χ4n) is 1.65. The predicted molar refractivity (Wildman–Crippen MR) is 74.6 cm³/mol. The second kappa shape index (κ2) is 8.52. The Morgan fingerprint density at radius 1 is 1.35 bits per heavy atom. The number of carbonyl (C=O) groups excluding carboxylic acids is 1. The van der Waals surface area contributed by atoms with E-state index in [4.69, 9.17) is 9.84 Å². The highest BCUT2D eigenvalue weighted by Crippen LogP contribution is 2.12. The molecule has 0 amide bonds. The molecule has 2 atom stereocenters. The molecule has 1 aromatic carbocycles. The highest BCUT2D eigenvalue weighted by atomic mass is 16.5. The van der Waals surface area contributed by atoms with E-state index in [2.05, 4.69) is 5.32 Å². The number of ether oxygens (including phenoxy) is 1. The van der Waals surface area contributed by atoms with Crippen LogP contribution in [0.4, 0.5) is 5.69 Å². The molecule has 6 heteroatoms. The smallest absolute Gasteiger partial charge is 0.338 e. The van der Waals surface area contributed by atoms with Gasteiger partial charge in [-0.3, -0.25) is 0 Å². The van der Waals surface area contributed by atoms with Crippen LogP contribution >= 0.6 is 0 Å². The van der Waals surface area contributed by atoms with E-state index in [0.29, 0.717) is 18.7 Å². The summed E-state index contributed by atoms with van der Waals surface area (Å²) in [5.41, 5.74) is 1.18. The molecule has 20 heavy (non-hydrogen) atoms. The van der Waals surface area contributed by atoms with Crippen molar-refractivity contribution in [1.82, 2.24) is 0 Å².